The van der Waals surface area contributed by atoms with Gasteiger partial charge in [0.1, 0.15) is 12.0 Å². The number of rotatable bonds is 9. The Labute approximate surface area is 221 Å². The van der Waals surface area contributed by atoms with E-state index in [2.05, 4.69) is 75.0 Å². The van der Waals surface area contributed by atoms with Crippen molar-refractivity contribution in [1.29, 1.82) is 0 Å². The van der Waals surface area contributed by atoms with Crippen LogP contribution in [-0.2, 0) is 19.6 Å². The lowest BCUT2D eigenvalue weighted by atomic mass is 10.1. The van der Waals surface area contributed by atoms with Crippen LogP contribution in [-0.4, -0.2) is 93.2 Å². The van der Waals surface area contributed by atoms with Crippen LogP contribution < -0.4 is 14.5 Å². The molecule has 1 aromatic heterocycles. The Kier molecular flexibility index (Phi) is 8.28. The molecule has 2 aliphatic heterocycles. The van der Waals surface area contributed by atoms with E-state index in [4.69, 9.17) is 14.1 Å². The zero-order valence-electron chi connectivity index (χ0n) is 22.5. The van der Waals surface area contributed by atoms with Crippen LogP contribution >= 0.6 is 0 Å². The zero-order chi connectivity index (χ0) is 25.6. The van der Waals surface area contributed by atoms with E-state index in [1.807, 2.05) is 18.4 Å². The molecule has 0 saturated carbocycles. The molecular formula is C29H40N6O2. The van der Waals surface area contributed by atoms with Crippen LogP contribution in [0.15, 0.2) is 59.2 Å². The summed E-state index contributed by atoms with van der Waals surface area (Å²) in [7, 11) is 6.08. The molecule has 198 valence electrons. The number of likely N-dealkylation sites (N-methyl/N-ethyl adjacent to an activating group) is 2. The number of aromatic nitrogens is 1. The van der Waals surface area contributed by atoms with Crippen molar-refractivity contribution in [3.63, 3.8) is 0 Å². The standard InChI is InChI=1S/C29H40N6O2/c1-31-11-15-33(16-12-31)22-26-23-37-29(30-26)35(21-25-5-4-6-28(19-25)36-3)20-24-7-9-27(10-8-24)34-17-13-32(2)14-18-34/h4-10,19,23H,11-18,20-22H2,1-3H3. The summed E-state index contributed by atoms with van der Waals surface area (Å²) in [6, 6.07) is 17.8. The average Bonchev–Trinajstić information content (AvgIpc) is 3.39. The van der Waals surface area contributed by atoms with E-state index in [1.54, 1.807) is 7.11 Å². The minimum atomic E-state index is 0.662. The maximum absolute atomic E-state index is 6.05. The van der Waals surface area contributed by atoms with Crippen molar-refractivity contribution >= 4 is 11.7 Å². The van der Waals surface area contributed by atoms with Gasteiger partial charge in [-0.1, -0.05) is 24.3 Å². The predicted molar refractivity (Wildman–Crippen MR) is 148 cm³/mol. The van der Waals surface area contributed by atoms with Gasteiger partial charge in [-0.25, -0.2) is 0 Å². The van der Waals surface area contributed by atoms with Crippen LogP contribution in [0.1, 0.15) is 16.8 Å². The fraction of sp³-hybridized carbons (Fsp3) is 0.483. The number of methoxy groups -OCH3 is 1. The first-order chi connectivity index (χ1) is 18.1. The number of ether oxygens (including phenoxy) is 1. The van der Waals surface area contributed by atoms with Gasteiger partial charge in [0.05, 0.1) is 12.8 Å². The topological polar surface area (TPSA) is 51.5 Å². The maximum atomic E-state index is 6.05. The molecule has 2 aliphatic rings. The minimum Gasteiger partial charge on any atom is -0.497 e. The summed E-state index contributed by atoms with van der Waals surface area (Å²) in [6.45, 7) is 10.9. The first-order valence-corrected chi connectivity index (χ1v) is 13.3. The van der Waals surface area contributed by atoms with Crippen molar-refractivity contribution in [2.45, 2.75) is 19.6 Å². The molecular weight excluding hydrogens is 464 g/mol. The number of oxazole rings is 1. The molecule has 0 spiro atoms. The Morgan fingerprint density at radius 2 is 1.51 bits per heavy atom. The highest BCUT2D eigenvalue weighted by Crippen LogP contribution is 2.24. The molecule has 5 rings (SSSR count). The summed E-state index contributed by atoms with van der Waals surface area (Å²) in [4.78, 5) is 16.8. The normalized spacial score (nSPS) is 17.8. The fourth-order valence-corrected chi connectivity index (χ4v) is 5.03. The van der Waals surface area contributed by atoms with E-state index >= 15 is 0 Å². The SMILES string of the molecule is COc1cccc(CN(Cc2ccc(N3CCN(C)CC3)cc2)c2nc(CN3CCN(C)CC3)co2)c1. The summed E-state index contributed by atoms with van der Waals surface area (Å²) in [5.74, 6) is 0.858. The van der Waals surface area contributed by atoms with Crippen molar-refractivity contribution in [3.05, 3.63) is 71.6 Å². The van der Waals surface area contributed by atoms with E-state index < -0.39 is 0 Å². The highest BCUT2D eigenvalue weighted by Gasteiger charge is 2.19. The summed E-state index contributed by atoms with van der Waals surface area (Å²) < 4.78 is 11.5. The molecule has 0 N–H and O–H groups in total. The van der Waals surface area contributed by atoms with Gasteiger partial charge in [0.15, 0.2) is 0 Å². The van der Waals surface area contributed by atoms with Crippen molar-refractivity contribution in [2.75, 3.05) is 83.4 Å². The molecule has 2 fully saturated rings. The summed E-state index contributed by atoms with van der Waals surface area (Å²) >= 11 is 0. The molecule has 2 saturated heterocycles. The van der Waals surface area contributed by atoms with Crippen LogP contribution in [0, 0.1) is 0 Å². The number of hydrogen-bond acceptors (Lipinski definition) is 8. The third kappa shape index (κ3) is 6.83. The van der Waals surface area contributed by atoms with Crippen molar-refractivity contribution in [3.8, 4) is 5.75 Å². The van der Waals surface area contributed by atoms with Gasteiger partial charge in [0.25, 0.3) is 6.01 Å². The number of piperazine rings is 2. The highest BCUT2D eigenvalue weighted by atomic mass is 16.5. The van der Waals surface area contributed by atoms with E-state index in [-0.39, 0.29) is 0 Å². The second kappa shape index (κ2) is 12.0. The second-order valence-corrected chi connectivity index (χ2v) is 10.4. The van der Waals surface area contributed by atoms with Crippen molar-refractivity contribution < 1.29 is 9.15 Å². The third-order valence-corrected chi connectivity index (χ3v) is 7.48. The smallest absolute Gasteiger partial charge is 0.298 e. The lowest BCUT2D eigenvalue weighted by Crippen LogP contribution is -2.44. The van der Waals surface area contributed by atoms with Crippen LogP contribution in [0.3, 0.4) is 0 Å². The molecule has 2 aromatic carbocycles. The fourth-order valence-electron chi connectivity index (χ4n) is 5.03. The third-order valence-electron chi connectivity index (χ3n) is 7.48. The van der Waals surface area contributed by atoms with Gasteiger partial charge in [-0.15, -0.1) is 0 Å². The first kappa shape index (κ1) is 25.6. The molecule has 0 bridgehead atoms. The molecule has 0 unspecified atom stereocenters. The lowest BCUT2D eigenvalue weighted by molar-refractivity contribution is 0.147. The highest BCUT2D eigenvalue weighted by molar-refractivity contribution is 5.49. The number of nitrogens with zero attached hydrogens (tertiary/aromatic N) is 6. The van der Waals surface area contributed by atoms with Crippen LogP contribution in [0.5, 0.6) is 5.75 Å². The lowest BCUT2D eigenvalue weighted by Gasteiger charge is -2.34. The molecule has 0 aliphatic carbocycles. The number of hydrogen-bond donors (Lipinski definition) is 0. The van der Waals surface area contributed by atoms with E-state index in [0.717, 1.165) is 75.9 Å². The Hall–Kier alpha value is -3.07. The molecule has 3 heterocycles. The van der Waals surface area contributed by atoms with Gasteiger partial charge < -0.3 is 28.8 Å². The Morgan fingerprint density at radius 3 is 2.22 bits per heavy atom. The first-order valence-electron chi connectivity index (χ1n) is 13.3. The van der Waals surface area contributed by atoms with E-state index in [1.165, 1.54) is 11.3 Å². The Bertz CT molecular complexity index is 1120. The number of anilines is 2. The monoisotopic (exact) mass is 504 g/mol. The van der Waals surface area contributed by atoms with Gasteiger partial charge in [0, 0.05) is 77.7 Å². The largest absolute Gasteiger partial charge is 0.497 e. The van der Waals surface area contributed by atoms with Crippen molar-refractivity contribution in [2.24, 2.45) is 0 Å². The summed E-state index contributed by atoms with van der Waals surface area (Å²) in [5, 5.41) is 0. The summed E-state index contributed by atoms with van der Waals surface area (Å²) in [5.41, 5.74) is 4.68. The van der Waals surface area contributed by atoms with Crippen LogP contribution in [0.4, 0.5) is 11.7 Å². The molecule has 8 nitrogen and oxygen atoms in total. The Balaban J connectivity index is 1.31. The van der Waals surface area contributed by atoms with Gasteiger partial charge in [-0.2, -0.15) is 4.98 Å². The van der Waals surface area contributed by atoms with E-state index in [0.29, 0.717) is 19.1 Å². The molecule has 0 amide bonds. The quantitative estimate of drug-likeness (QED) is 0.440. The zero-order valence-corrected chi connectivity index (χ0v) is 22.5. The van der Waals surface area contributed by atoms with Crippen molar-refractivity contribution in [1.82, 2.24) is 19.7 Å². The van der Waals surface area contributed by atoms with Gasteiger partial charge >= 0.3 is 0 Å². The van der Waals surface area contributed by atoms with Gasteiger partial charge in [0.2, 0.25) is 0 Å². The molecule has 0 radical (unpaired) electrons. The van der Waals surface area contributed by atoms with Gasteiger partial charge in [-0.05, 0) is 49.5 Å². The predicted octanol–water partition coefficient (Wildman–Crippen LogP) is 3.39. The maximum Gasteiger partial charge on any atom is 0.298 e. The van der Waals surface area contributed by atoms with Crippen LogP contribution in [0.25, 0.3) is 0 Å². The molecule has 0 atom stereocenters. The van der Waals surface area contributed by atoms with Gasteiger partial charge in [-0.3, -0.25) is 4.90 Å². The molecule has 3 aromatic rings. The molecule has 37 heavy (non-hydrogen) atoms. The Morgan fingerprint density at radius 1 is 0.838 bits per heavy atom. The minimum absolute atomic E-state index is 0.662. The number of benzene rings is 2. The second-order valence-electron chi connectivity index (χ2n) is 10.4. The summed E-state index contributed by atoms with van der Waals surface area (Å²) in [6.07, 6.45) is 1.82. The molecule has 8 heteroatoms. The average molecular weight is 505 g/mol. The van der Waals surface area contributed by atoms with Crippen LogP contribution in [0.2, 0.25) is 0 Å². The van der Waals surface area contributed by atoms with E-state index in [9.17, 15) is 0 Å².